The van der Waals surface area contributed by atoms with Crippen LogP contribution < -0.4 is 4.46 Å². The van der Waals surface area contributed by atoms with E-state index in [9.17, 15) is 9.36 Å². The Bertz CT molecular complexity index is 655. The molecule has 0 N–H and O–H groups in total. The van der Waals surface area contributed by atoms with Crippen molar-refractivity contribution >= 4 is 41.1 Å². The Labute approximate surface area is 157 Å². The molecule has 5 nitrogen and oxygen atoms in total. The van der Waals surface area contributed by atoms with Gasteiger partial charge in [0.2, 0.25) is 0 Å². The topological polar surface area (TPSA) is 61.8 Å². The molecular weight excluding hydrogens is 422 g/mol. The predicted molar refractivity (Wildman–Crippen MR) is 103 cm³/mol. The molecule has 1 saturated carbocycles. The van der Waals surface area contributed by atoms with Crippen LogP contribution in [0.1, 0.15) is 6.42 Å². The fourth-order valence-corrected chi connectivity index (χ4v) is 13.0. The van der Waals surface area contributed by atoms with Crippen molar-refractivity contribution in [3.05, 3.63) is 30.3 Å². The molecule has 1 aromatic rings. The first-order valence-corrected chi connectivity index (χ1v) is 15.1. The van der Waals surface area contributed by atoms with Crippen LogP contribution in [0.2, 0.25) is 24.1 Å². The van der Waals surface area contributed by atoms with Crippen LogP contribution in [-0.4, -0.2) is 55.5 Å². The molecule has 0 bridgehead atoms. The maximum absolute atomic E-state index is 13.2. The molecule has 1 aliphatic rings. The first-order valence-electron chi connectivity index (χ1n) is 8.18. The van der Waals surface area contributed by atoms with E-state index in [-0.39, 0.29) is 20.9 Å². The van der Waals surface area contributed by atoms with Gasteiger partial charge in [-0.1, -0.05) is 0 Å². The molecular formula is C17H27O5PSeSi. The van der Waals surface area contributed by atoms with E-state index in [1.807, 2.05) is 18.2 Å². The number of carbonyl (C=O) groups is 1. The number of ether oxygens (including phenoxy) is 1. The van der Waals surface area contributed by atoms with Gasteiger partial charge in [-0.25, -0.2) is 0 Å². The second kappa shape index (κ2) is 7.67. The van der Waals surface area contributed by atoms with Crippen LogP contribution in [0, 0.1) is 5.92 Å². The Balaban J connectivity index is 2.41. The average molecular weight is 449 g/mol. The molecule has 0 unspecified atom stereocenters. The van der Waals surface area contributed by atoms with Gasteiger partial charge in [0.15, 0.2) is 0 Å². The standard InChI is InChI=1S/C17H27O5PSeSi/c1-20-16(18)17(23(19,21-2)22-3)12-14(17)15(25(4,5)6)24-13-10-8-7-9-11-13/h7-11,14-15H,12H2,1-6H3/t14-,15-,17+/m1/s1. The van der Waals surface area contributed by atoms with Crippen LogP contribution in [0.3, 0.4) is 0 Å². The Hall–Kier alpha value is -0.424. The monoisotopic (exact) mass is 450 g/mol. The molecule has 8 heteroatoms. The molecule has 0 amide bonds. The van der Waals surface area contributed by atoms with E-state index in [2.05, 4.69) is 31.8 Å². The third-order valence-corrected chi connectivity index (χ3v) is 16.9. The summed E-state index contributed by atoms with van der Waals surface area (Å²) in [5.41, 5.74) is 0. The van der Waals surface area contributed by atoms with Gasteiger partial charge in [0.1, 0.15) is 0 Å². The molecule has 0 spiro atoms. The maximum atomic E-state index is 13.2. The first-order chi connectivity index (χ1) is 11.7. The van der Waals surface area contributed by atoms with Crippen LogP contribution >= 0.6 is 7.60 Å². The van der Waals surface area contributed by atoms with Crippen molar-refractivity contribution in [3.63, 3.8) is 0 Å². The summed E-state index contributed by atoms with van der Waals surface area (Å²) in [5, 5.41) is -1.16. The number of hydrogen-bond donors (Lipinski definition) is 0. The van der Waals surface area contributed by atoms with Crippen LogP contribution in [0.15, 0.2) is 30.3 Å². The van der Waals surface area contributed by atoms with Crippen LogP contribution in [-0.2, 0) is 23.1 Å². The summed E-state index contributed by atoms with van der Waals surface area (Å²) in [6.07, 6.45) is 0.502. The van der Waals surface area contributed by atoms with E-state index in [1.54, 1.807) is 0 Å². The van der Waals surface area contributed by atoms with E-state index in [0.717, 1.165) is 0 Å². The van der Waals surface area contributed by atoms with E-state index in [0.29, 0.717) is 10.9 Å². The molecule has 0 aromatic heterocycles. The minimum atomic E-state index is -3.57. The molecule has 0 radical (unpaired) electrons. The van der Waals surface area contributed by atoms with Gasteiger partial charge >= 0.3 is 157 Å². The van der Waals surface area contributed by atoms with Crippen LogP contribution in [0.25, 0.3) is 0 Å². The Kier molecular flexibility index (Phi) is 6.41. The number of rotatable bonds is 8. The molecule has 0 saturated heterocycles. The van der Waals surface area contributed by atoms with E-state index >= 15 is 0 Å². The third-order valence-electron chi connectivity index (χ3n) is 4.72. The molecule has 2 rings (SSSR count). The van der Waals surface area contributed by atoms with E-state index in [1.165, 1.54) is 25.8 Å². The minimum absolute atomic E-state index is 0.0300. The summed E-state index contributed by atoms with van der Waals surface area (Å²) >= 11 is 0.179. The zero-order valence-corrected chi connectivity index (χ0v) is 19.3. The molecule has 3 atom stereocenters. The number of esters is 1. The fourth-order valence-electron chi connectivity index (χ4n) is 3.38. The SMILES string of the molecule is COC(=O)[C@]1(P(=O)(OC)OC)C[C@@H]1[C@H]([Se]c1ccccc1)[Si](C)(C)C. The molecule has 1 aromatic carbocycles. The van der Waals surface area contributed by atoms with E-state index in [4.69, 9.17) is 13.8 Å². The van der Waals surface area contributed by atoms with Gasteiger partial charge in [0.25, 0.3) is 0 Å². The zero-order chi connectivity index (χ0) is 18.9. The van der Waals surface area contributed by atoms with E-state index < -0.39 is 26.8 Å². The third kappa shape index (κ3) is 3.82. The second-order valence-corrected chi connectivity index (χ2v) is 18.7. The van der Waals surface area contributed by atoms with Gasteiger partial charge in [-0.15, -0.1) is 0 Å². The number of carbonyl (C=O) groups excluding carboxylic acids is 1. The van der Waals surface area contributed by atoms with Crippen molar-refractivity contribution in [2.24, 2.45) is 5.92 Å². The summed E-state index contributed by atoms with van der Waals surface area (Å²) in [7, 11) is -1.18. The molecule has 140 valence electrons. The van der Waals surface area contributed by atoms with Crippen molar-refractivity contribution in [2.45, 2.75) is 35.7 Å². The number of benzene rings is 1. The summed E-state index contributed by atoms with van der Waals surface area (Å²) in [4.78, 5) is 12.6. The van der Waals surface area contributed by atoms with Gasteiger partial charge in [0, 0.05) is 0 Å². The quantitative estimate of drug-likeness (QED) is 0.347. The van der Waals surface area contributed by atoms with Gasteiger partial charge in [-0.2, -0.15) is 0 Å². The summed E-state index contributed by atoms with van der Waals surface area (Å²) in [6, 6.07) is 10.3. The summed E-state index contributed by atoms with van der Waals surface area (Å²) in [5.74, 6) is -0.505. The fraction of sp³-hybridized carbons (Fsp3) is 0.588. The average Bonchev–Trinajstić information content (AvgIpc) is 3.35. The van der Waals surface area contributed by atoms with Crippen LogP contribution in [0.5, 0.6) is 0 Å². The number of hydrogen-bond acceptors (Lipinski definition) is 5. The molecule has 25 heavy (non-hydrogen) atoms. The molecule has 0 heterocycles. The predicted octanol–water partition coefficient (Wildman–Crippen LogP) is 3.10. The molecule has 1 fully saturated rings. The van der Waals surface area contributed by atoms with Gasteiger partial charge in [-0.3, -0.25) is 0 Å². The number of methoxy groups -OCH3 is 1. The molecule has 1 aliphatic carbocycles. The van der Waals surface area contributed by atoms with Crippen molar-refractivity contribution in [2.75, 3.05) is 21.3 Å². The summed E-state index contributed by atoms with van der Waals surface area (Å²) in [6.45, 7) is 6.90. The van der Waals surface area contributed by atoms with Crippen molar-refractivity contribution in [3.8, 4) is 0 Å². The van der Waals surface area contributed by atoms with Gasteiger partial charge < -0.3 is 0 Å². The van der Waals surface area contributed by atoms with Gasteiger partial charge in [0.05, 0.1) is 0 Å². The van der Waals surface area contributed by atoms with Crippen molar-refractivity contribution in [1.82, 2.24) is 0 Å². The first kappa shape index (κ1) is 20.9. The Morgan fingerprint density at radius 3 is 2.20 bits per heavy atom. The van der Waals surface area contributed by atoms with Crippen molar-refractivity contribution < 1.29 is 23.1 Å². The Morgan fingerprint density at radius 1 is 1.20 bits per heavy atom. The van der Waals surface area contributed by atoms with Crippen molar-refractivity contribution in [1.29, 1.82) is 0 Å². The zero-order valence-electron chi connectivity index (χ0n) is 15.6. The molecule has 0 aliphatic heterocycles. The Morgan fingerprint density at radius 2 is 1.76 bits per heavy atom. The van der Waals surface area contributed by atoms with Gasteiger partial charge in [-0.05, 0) is 0 Å². The summed E-state index contributed by atoms with van der Waals surface area (Å²) < 4.78 is 30.3. The second-order valence-electron chi connectivity index (χ2n) is 7.31. The van der Waals surface area contributed by atoms with Crippen LogP contribution in [0.4, 0.5) is 0 Å². The normalized spacial score (nSPS) is 24.6.